The van der Waals surface area contributed by atoms with Gasteiger partial charge >= 0.3 is 0 Å². The molecule has 0 saturated heterocycles. The molecule has 0 radical (unpaired) electrons. The highest BCUT2D eigenvalue weighted by Crippen LogP contribution is 2.16. The van der Waals surface area contributed by atoms with Crippen molar-refractivity contribution in [3.05, 3.63) is 46.7 Å². The lowest BCUT2D eigenvalue weighted by Gasteiger charge is -2.13. The fraction of sp³-hybridized carbons (Fsp3) is 0.429. The zero-order valence-electron chi connectivity index (χ0n) is 11.5. The van der Waals surface area contributed by atoms with Crippen LogP contribution in [0.4, 0.5) is 0 Å². The van der Waals surface area contributed by atoms with Crippen LogP contribution < -0.4 is 5.32 Å². The van der Waals surface area contributed by atoms with Gasteiger partial charge in [-0.25, -0.2) is 0 Å². The van der Waals surface area contributed by atoms with Crippen LogP contribution in [0.3, 0.4) is 0 Å². The Morgan fingerprint density at radius 3 is 2.80 bits per heavy atom. The van der Waals surface area contributed by atoms with Crippen molar-refractivity contribution in [1.82, 2.24) is 20.3 Å². The third kappa shape index (κ3) is 4.30. The zero-order valence-corrected chi connectivity index (χ0v) is 12.2. The molecule has 0 spiro atoms. The number of rotatable bonds is 7. The fourth-order valence-corrected chi connectivity index (χ4v) is 2.01. The van der Waals surface area contributed by atoms with Crippen molar-refractivity contribution in [2.75, 3.05) is 6.61 Å². The molecule has 2 N–H and O–H groups in total. The zero-order chi connectivity index (χ0) is 14.4. The molecule has 0 saturated carbocycles. The minimum absolute atomic E-state index is 0.168. The Hall–Kier alpha value is -1.43. The van der Waals surface area contributed by atoms with Crippen molar-refractivity contribution in [3.63, 3.8) is 0 Å². The Bertz CT molecular complexity index is 526. The summed E-state index contributed by atoms with van der Waals surface area (Å²) in [5, 5.41) is 21.0. The Labute approximate surface area is 123 Å². The van der Waals surface area contributed by atoms with E-state index in [1.807, 2.05) is 30.5 Å². The van der Waals surface area contributed by atoms with E-state index in [1.54, 1.807) is 4.68 Å². The van der Waals surface area contributed by atoms with E-state index >= 15 is 0 Å². The molecule has 0 aliphatic rings. The lowest BCUT2D eigenvalue weighted by Crippen LogP contribution is -2.18. The first-order chi connectivity index (χ1) is 9.69. The van der Waals surface area contributed by atoms with E-state index in [4.69, 9.17) is 16.7 Å². The standard InChI is InChI=1S/C14H19ClN4O/c1-11(12-3-5-13(15)6-4-12)16-9-14-10-19(18-17-14)7-2-8-20/h3-6,10-11,16,20H,2,7-9H2,1H3/t11-/m1/s1. The van der Waals surface area contributed by atoms with Gasteiger partial charge in [0.1, 0.15) is 0 Å². The molecule has 20 heavy (non-hydrogen) atoms. The van der Waals surface area contributed by atoms with Gasteiger partial charge < -0.3 is 10.4 Å². The van der Waals surface area contributed by atoms with Gasteiger partial charge in [0, 0.05) is 37.0 Å². The number of hydrogen-bond acceptors (Lipinski definition) is 4. The summed E-state index contributed by atoms with van der Waals surface area (Å²) >= 11 is 5.87. The quantitative estimate of drug-likeness (QED) is 0.821. The third-order valence-corrected chi connectivity index (χ3v) is 3.34. The maximum absolute atomic E-state index is 8.77. The minimum Gasteiger partial charge on any atom is -0.396 e. The van der Waals surface area contributed by atoms with E-state index in [2.05, 4.69) is 22.6 Å². The summed E-state index contributed by atoms with van der Waals surface area (Å²) in [5.41, 5.74) is 2.07. The second-order valence-electron chi connectivity index (χ2n) is 4.70. The van der Waals surface area contributed by atoms with Crippen LogP contribution in [0.5, 0.6) is 0 Å². The number of nitrogens with zero attached hydrogens (tertiary/aromatic N) is 3. The Kier molecular flexibility index (Phi) is 5.52. The first-order valence-corrected chi connectivity index (χ1v) is 7.05. The van der Waals surface area contributed by atoms with E-state index in [9.17, 15) is 0 Å². The van der Waals surface area contributed by atoms with Crippen LogP contribution in [0.1, 0.15) is 30.6 Å². The Balaban J connectivity index is 1.85. The number of aromatic nitrogens is 3. The van der Waals surface area contributed by atoms with Crippen molar-refractivity contribution in [2.45, 2.75) is 32.5 Å². The smallest absolute Gasteiger partial charge is 0.0965 e. The van der Waals surface area contributed by atoms with Gasteiger partial charge in [-0.1, -0.05) is 28.9 Å². The molecule has 0 aliphatic heterocycles. The molecule has 0 fully saturated rings. The van der Waals surface area contributed by atoms with Crippen LogP contribution in [-0.2, 0) is 13.1 Å². The number of hydrogen-bond donors (Lipinski definition) is 2. The molecule has 108 valence electrons. The van der Waals surface area contributed by atoms with E-state index in [-0.39, 0.29) is 12.6 Å². The fourth-order valence-electron chi connectivity index (χ4n) is 1.89. The molecule has 0 amide bonds. The van der Waals surface area contributed by atoms with E-state index in [0.29, 0.717) is 19.5 Å². The molecule has 5 nitrogen and oxygen atoms in total. The highest BCUT2D eigenvalue weighted by Gasteiger charge is 2.06. The summed E-state index contributed by atoms with van der Waals surface area (Å²) < 4.78 is 1.75. The lowest BCUT2D eigenvalue weighted by atomic mass is 10.1. The molecular formula is C14H19ClN4O. The van der Waals surface area contributed by atoms with Crippen LogP contribution in [0.25, 0.3) is 0 Å². The first-order valence-electron chi connectivity index (χ1n) is 6.68. The number of benzene rings is 1. The van der Waals surface area contributed by atoms with Crippen molar-refractivity contribution in [2.24, 2.45) is 0 Å². The normalized spacial score (nSPS) is 12.6. The summed E-state index contributed by atoms with van der Waals surface area (Å²) in [7, 11) is 0. The number of aryl methyl sites for hydroxylation is 1. The van der Waals surface area contributed by atoms with E-state index < -0.39 is 0 Å². The molecule has 1 aromatic carbocycles. The van der Waals surface area contributed by atoms with Crippen LogP contribution >= 0.6 is 11.6 Å². The average molecular weight is 295 g/mol. The predicted molar refractivity (Wildman–Crippen MR) is 78.4 cm³/mol. The maximum atomic E-state index is 8.77. The van der Waals surface area contributed by atoms with Gasteiger partial charge in [-0.05, 0) is 31.0 Å². The molecule has 1 heterocycles. The van der Waals surface area contributed by atoms with Gasteiger partial charge in [0.15, 0.2) is 0 Å². The molecule has 0 unspecified atom stereocenters. The molecule has 0 bridgehead atoms. The SMILES string of the molecule is C[C@@H](NCc1cn(CCCO)nn1)c1ccc(Cl)cc1. The van der Waals surface area contributed by atoms with Gasteiger partial charge in [-0.15, -0.1) is 5.10 Å². The van der Waals surface area contributed by atoms with Gasteiger partial charge in [-0.3, -0.25) is 4.68 Å². The highest BCUT2D eigenvalue weighted by atomic mass is 35.5. The molecule has 6 heteroatoms. The topological polar surface area (TPSA) is 63.0 Å². The predicted octanol–water partition coefficient (Wildman–Crippen LogP) is 2.16. The van der Waals surface area contributed by atoms with E-state index in [1.165, 1.54) is 5.56 Å². The number of aliphatic hydroxyl groups excluding tert-OH is 1. The second kappa shape index (κ2) is 7.38. The third-order valence-electron chi connectivity index (χ3n) is 3.09. The largest absolute Gasteiger partial charge is 0.396 e. The second-order valence-corrected chi connectivity index (χ2v) is 5.14. The number of nitrogens with one attached hydrogen (secondary N) is 1. The van der Waals surface area contributed by atoms with Crippen LogP contribution in [0.2, 0.25) is 5.02 Å². The van der Waals surface area contributed by atoms with Crippen LogP contribution in [0, 0.1) is 0 Å². The summed E-state index contributed by atoms with van der Waals surface area (Å²) in [6, 6.07) is 8.02. The minimum atomic E-state index is 0.168. The van der Waals surface area contributed by atoms with Crippen LogP contribution in [0.15, 0.2) is 30.5 Å². The molecule has 0 aliphatic carbocycles. The monoisotopic (exact) mass is 294 g/mol. The Morgan fingerprint density at radius 2 is 2.10 bits per heavy atom. The highest BCUT2D eigenvalue weighted by molar-refractivity contribution is 6.30. The number of aliphatic hydroxyl groups is 1. The molecule has 2 aromatic rings. The first kappa shape index (κ1) is 15.0. The van der Waals surface area contributed by atoms with Gasteiger partial charge in [0.05, 0.1) is 5.69 Å². The number of halogens is 1. The lowest BCUT2D eigenvalue weighted by molar-refractivity contribution is 0.276. The van der Waals surface area contributed by atoms with Crippen molar-refractivity contribution in [1.29, 1.82) is 0 Å². The molecule has 1 atom stereocenters. The van der Waals surface area contributed by atoms with E-state index in [0.717, 1.165) is 10.7 Å². The molecular weight excluding hydrogens is 276 g/mol. The summed E-state index contributed by atoms with van der Waals surface area (Å²) in [6.45, 7) is 3.61. The van der Waals surface area contributed by atoms with Crippen LogP contribution in [-0.4, -0.2) is 26.7 Å². The Morgan fingerprint density at radius 1 is 1.35 bits per heavy atom. The van der Waals surface area contributed by atoms with Crippen molar-refractivity contribution >= 4 is 11.6 Å². The van der Waals surface area contributed by atoms with Gasteiger partial charge in [0.2, 0.25) is 0 Å². The summed E-state index contributed by atoms with van der Waals surface area (Å²) in [4.78, 5) is 0. The van der Waals surface area contributed by atoms with Crippen molar-refractivity contribution in [3.8, 4) is 0 Å². The molecule has 1 aromatic heterocycles. The maximum Gasteiger partial charge on any atom is 0.0965 e. The summed E-state index contributed by atoms with van der Waals surface area (Å²) in [6.07, 6.45) is 2.59. The summed E-state index contributed by atoms with van der Waals surface area (Å²) in [5.74, 6) is 0. The average Bonchev–Trinajstić information content (AvgIpc) is 2.91. The van der Waals surface area contributed by atoms with Gasteiger partial charge in [0.25, 0.3) is 0 Å². The molecule has 2 rings (SSSR count). The van der Waals surface area contributed by atoms with Gasteiger partial charge in [-0.2, -0.15) is 0 Å². The van der Waals surface area contributed by atoms with Crippen molar-refractivity contribution < 1.29 is 5.11 Å².